The van der Waals surface area contributed by atoms with Crippen molar-refractivity contribution in [1.82, 2.24) is 19.9 Å². The normalized spacial score (nSPS) is 26.6. The van der Waals surface area contributed by atoms with Crippen LogP contribution in [0.25, 0.3) is 22.2 Å². The molecule has 236 valence electrons. The molecule has 0 radical (unpaired) electrons. The van der Waals surface area contributed by atoms with E-state index in [-0.39, 0.29) is 5.54 Å². The number of hydrogen-bond donors (Lipinski definition) is 0. The number of nitrogens with zero attached hydrogens (tertiary/aromatic N) is 5. The van der Waals surface area contributed by atoms with Crippen LogP contribution in [0.3, 0.4) is 0 Å². The molecule has 2 aromatic heterocycles. The van der Waals surface area contributed by atoms with Crippen LogP contribution in [0.1, 0.15) is 100 Å². The number of piperidine rings is 1. The lowest BCUT2D eigenvalue weighted by atomic mass is 9.88. The largest absolute Gasteiger partial charge is 0.356 e. The Bertz CT molecular complexity index is 1510. The van der Waals surface area contributed by atoms with Crippen molar-refractivity contribution < 1.29 is 8.78 Å². The van der Waals surface area contributed by atoms with Crippen molar-refractivity contribution in [3.63, 3.8) is 0 Å². The molecule has 6 bridgehead atoms. The maximum absolute atomic E-state index is 16.9. The highest BCUT2D eigenvalue weighted by molar-refractivity contribution is 6.31. The molecule has 8 rings (SSSR count). The smallest absolute Gasteiger partial charge is 0.175 e. The van der Waals surface area contributed by atoms with Gasteiger partial charge in [0, 0.05) is 48.4 Å². The molecule has 5 nitrogen and oxygen atoms in total. The van der Waals surface area contributed by atoms with E-state index in [0.717, 1.165) is 87.1 Å². The molecule has 0 N–H and O–H groups in total. The summed E-state index contributed by atoms with van der Waals surface area (Å²) in [5, 5.41) is 1.37. The summed E-state index contributed by atoms with van der Waals surface area (Å²) in [6, 6.07) is 4.00. The Morgan fingerprint density at radius 3 is 2.68 bits per heavy atom. The van der Waals surface area contributed by atoms with Crippen LogP contribution in [0.5, 0.6) is 0 Å². The summed E-state index contributed by atoms with van der Waals surface area (Å²) < 4.78 is 31.4. The number of benzene rings is 1. The lowest BCUT2D eigenvalue weighted by Gasteiger charge is -2.35. The first kappa shape index (κ1) is 30.3. The minimum absolute atomic E-state index is 0.117. The molecule has 3 aromatic rings. The van der Waals surface area contributed by atoms with Gasteiger partial charge in [0.05, 0.1) is 5.39 Å². The number of halogens is 3. The first-order valence-corrected chi connectivity index (χ1v) is 17.6. The lowest BCUT2D eigenvalue weighted by Crippen LogP contribution is -2.38. The fourth-order valence-corrected chi connectivity index (χ4v) is 9.12. The van der Waals surface area contributed by atoms with Gasteiger partial charge in [-0.2, -0.15) is 0 Å². The Morgan fingerprint density at radius 2 is 1.80 bits per heavy atom. The Morgan fingerprint density at radius 1 is 0.977 bits per heavy atom. The van der Waals surface area contributed by atoms with Crippen molar-refractivity contribution >= 4 is 28.3 Å². The molecule has 3 saturated heterocycles. The molecule has 5 aliphatic rings. The number of rotatable bonds is 3. The number of pyridine rings is 1. The standard InChI is InChI=1S/C36H46ClF2N5/c1-24-18-28-27(30(37)19-24)12-7-5-3-2-4-6-10-25-11-8-16-43(22-25)35-29-21-40-33(28)32(39)34(29)41-31(42-35)13-15-36-14-9-17-44(36)23-26(38)20-36/h18-19,21,25-26H,2-17,20,22-23H2,1H3. The zero-order valence-electron chi connectivity index (χ0n) is 26.2. The molecule has 0 amide bonds. The first-order valence-electron chi connectivity index (χ1n) is 17.2. The monoisotopic (exact) mass is 621 g/mol. The molecule has 3 atom stereocenters. The average molecular weight is 622 g/mol. The number of aryl methyl sites for hydroxylation is 2. The van der Waals surface area contributed by atoms with E-state index in [1.807, 2.05) is 19.1 Å². The highest BCUT2D eigenvalue weighted by Crippen LogP contribution is 2.43. The molecule has 0 aliphatic carbocycles. The number of hydrogen-bond acceptors (Lipinski definition) is 5. The van der Waals surface area contributed by atoms with E-state index in [9.17, 15) is 4.39 Å². The quantitative estimate of drug-likeness (QED) is 0.292. The summed E-state index contributed by atoms with van der Waals surface area (Å²) in [6.45, 7) is 5.34. The van der Waals surface area contributed by atoms with Crippen molar-refractivity contribution in [2.45, 2.75) is 115 Å². The number of fused-ring (bicyclic) bond motifs is 9. The van der Waals surface area contributed by atoms with Crippen LogP contribution in [0.15, 0.2) is 18.3 Å². The summed E-state index contributed by atoms with van der Waals surface area (Å²) >= 11 is 6.82. The SMILES string of the molecule is Cc1cc(Cl)c2c(c1)-c1ncc3c(nc(CCC45CCCN4CC(F)C5)nc3c1F)N1CCCC(CCCCCCCC2)C1. The summed E-state index contributed by atoms with van der Waals surface area (Å²) in [7, 11) is 0. The van der Waals surface area contributed by atoms with E-state index >= 15 is 4.39 Å². The van der Waals surface area contributed by atoms with Gasteiger partial charge >= 0.3 is 0 Å². The maximum atomic E-state index is 16.9. The van der Waals surface area contributed by atoms with E-state index in [0.29, 0.717) is 52.7 Å². The number of anilines is 1. The van der Waals surface area contributed by atoms with Crippen LogP contribution in [-0.2, 0) is 12.8 Å². The van der Waals surface area contributed by atoms with Crippen LogP contribution in [0.2, 0.25) is 5.02 Å². The topological polar surface area (TPSA) is 45.2 Å². The zero-order valence-corrected chi connectivity index (χ0v) is 26.9. The predicted molar refractivity (Wildman–Crippen MR) is 175 cm³/mol. The fourth-order valence-electron chi connectivity index (χ4n) is 8.76. The van der Waals surface area contributed by atoms with Crippen LogP contribution in [-0.4, -0.2) is 57.7 Å². The molecule has 3 unspecified atom stereocenters. The second-order valence-electron chi connectivity index (χ2n) is 14.1. The molecular weight excluding hydrogens is 576 g/mol. The van der Waals surface area contributed by atoms with Gasteiger partial charge in [-0.25, -0.2) is 18.7 Å². The van der Waals surface area contributed by atoms with Crippen molar-refractivity contribution in [1.29, 1.82) is 0 Å². The fraction of sp³-hybridized carbons (Fsp3) is 0.639. The molecule has 7 heterocycles. The van der Waals surface area contributed by atoms with Gasteiger partial charge in [-0.1, -0.05) is 43.7 Å². The van der Waals surface area contributed by atoms with E-state index in [2.05, 4.69) is 9.80 Å². The van der Waals surface area contributed by atoms with Gasteiger partial charge in [-0.3, -0.25) is 9.88 Å². The minimum atomic E-state index is -0.768. The van der Waals surface area contributed by atoms with E-state index in [4.69, 9.17) is 26.6 Å². The summed E-state index contributed by atoms with van der Waals surface area (Å²) in [5.74, 6) is 1.70. The second-order valence-corrected chi connectivity index (χ2v) is 14.5. The average Bonchev–Trinajstić information content (AvgIpc) is 3.53. The summed E-state index contributed by atoms with van der Waals surface area (Å²) in [6.07, 6.45) is 16.7. The van der Waals surface area contributed by atoms with Crippen molar-refractivity contribution in [2.75, 3.05) is 31.1 Å². The van der Waals surface area contributed by atoms with Crippen LogP contribution in [0, 0.1) is 18.7 Å². The summed E-state index contributed by atoms with van der Waals surface area (Å²) in [4.78, 5) is 19.6. The molecule has 3 fully saturated rings. The highest BCUT2D eigenvalue weighted by atomic mass is 35.5. The third-order valence-electron chi connectivity index (χ3n) is 11.0. The zero-order chi connectivity index (χ0) is 30.3. The molecule has 0 spiro atoms. The number of aromatic nitrogens is 3. The van der Waals surface area contributed by atoms with Gasteiger partial charge in [0.25, 0.3) is 0 Å². The third-order valence-corrected chi connectivity index (χ3v) is 11.3. The Kier molecular flexibility index (Phi) is 8.80. The molecule has 5 aliphatic heterocycles. The van der Waals surface area contributed by atoms with Gasteiger partial charge in [0.1, 0.15) is 29.0 Å². The molecule has 1 aromatic carbocycles. The Balaban J connectivity index is 1.33. The van der Waals surface area contributed by atoms with Crippen LogP contribution in [0.4, 0.5) is 14.6 Å². The van der Waals surface area contributed by atoms with Crippen LogP contribution >= 0.6 is 11.6 Å². The van der Waals surface area contributed by atoms with Crippen LogP contribution < -0.4 is 4.90 Å². The third kappa shape index (κ3) is 5.95. The molecule has 0 saturated carbocycles. The van der Waals surface area contributed by atoms with E-state index in [1.54, 1.807) is 6.20 Å². The van der Waals surface area contributed by atoms with E-state index < -0.39 is 12.0 Å². The van der Waals surface area contributed by atoms with Gasteiger partial charge in [-0.05, 0) is 100 Å². The second kappa shape index (κ2) is 12.8. The highest BCUT2D eigenvalue weighted by Gasteiger charge is 2.48. The first-order chi connectivity index (χ1) is 21.4. The number of alkyl halides is 1. The van der Waals surface area contributed by atoms with Crippen molar-refractivity contribution in [3.8, 4) is 11.3 Å². The van der Waals surface area contributed by atoms with E-state index in [1.165, 1.54) is 38.5 Å². The maximum Gasteiger partial charge on any atom is 0.175 e. The lowest BCUT2D eigenvalue weighted by molar-refractivity contribution is 0.181. The molecule has 44 heavy (non-hydrogen) atoms. The van der Waals surface area contributed by atoms with Gasteiger partial charge in [-0.15, -0.1) is 0 Å². The van der Waals surface area contributed by atoms with Gasteiger partial charge in [0.15, 0.2) is 5.82 Å². The van der Waals surface area contributed by atoms with Crippen molar-refractivity contribution in [3.05, 3.63) is 46.1 Å². The minimum Gasteiger partial charge on any atom is -0.356 e. The Labute approximate surface area is 265 Å². The molecular formula is C36H46ClF2N5. The van der Waals surface area contributed by atoms with Gasteiger partial charge in [0.2, 0.25) is 0 Å². The summed E-state index contributed by atoms with van der Waals surface area (Å²) in [5.41, 5.74) is 3.29. The Hall–Kier alpha value is -2.38. The van der Waals surface area contributed by atoms with Gasteiger partial charge < -0.3 is 4.90 Å². The molecule has 8 heteroatoms. The predicted octanol–water partition coefficient (Wildman–Crippen LogP) is 8.80. The van der Waals surface area contributed by atoms with Crippen molar-refractivity contribution in [2.24, 2.45) is 5.92 Å².